The van der Waals surface area contributed by atoms with E-state index in [1.165, 1.54) is 11.1 Å². The van der Waals surface area contributed by atoms with Gasteiger partial charge in [0.1, 0.15) is 17.3 Å². The molecule has 0 bridgehead atoms. The van der Waals surface area contributed by atoms with Gasteiger partial charge in [0, 0.05) is 25.2 Å². The van der Waals surface area contributed by atoms with Crippen molar-refractivity contribution < 1.29 is 14.3 Å². The van der Waals surface area contributed by atoms with Crippen LogP contribution in [0, 0.1) is 11.3 Å². The number of benzene rings is 2. The summed E-state index contributed by atoms with van der Waals surface area (Å²) < 4.78 is 10.2. The molecule has 3 aromatic rings. The van der Waals surface area contributed by atoms with Crippen molar-refractivity contribution in [2.75, 3.05) is 14.2 Å². The lowest BCUT2D eigenvalue weighted by Crippen LogP contribution is -2.02. The van der Waals surface area contributed by atoms with Crippen LogP contribution in [0.25, 0.3) is 0 Å². The van der Waals surface area contributed by atoms with Gasteiger partial charge in [-0.25, -0.2) is 0 Å². The molecule has 2 aromatic carbocycles. The molecule has 5 nitrogen and oxygen atoms in total. The molecule has 3 rings (SSSR count). The van der Waals surface area contributed by atoms with E-state index < -0.39 is 0 Å². The van der Waals surface area contributed by atoms with Gasteiger partial charge in [0.2, 0.25) is 0 Å². The lowest BCUT2D eigenvalue weighted by atomic mass is 10.0. The molecule has 30 heavy (non-hydrogen) atoms. The number of rotatable bonds is 8. The molecule has 0 amide bonds. The molecule has 0 radical (unpaired) electrons. The van der Waals surface area contributed by atoms with Crippen molar-refractivity contribution in [2.45, 2.75) is 25.7 Å². The average molecular weight is 402 g/mol. The Morgan fingerprint density at radius 2 is 1.23 bits per heavy atom. The van der Waals surface area contributed by atoms with Gasteiger partial charge in [-0.15, -0.1) is 0 Å². The number of nitriles is 1. The second kappa shape index (κ2) is 12.7. The van der Waals surface area contributed by atoms with E-state index in [9.17, 15) is 4.79 Å². The number of hydrogen-bond acceptors (Lipinski definition) is 5. The lowest BCUT2D eigenvalue weighted by molar-refractivity contribution is -0.119. The number of ketones is 1. The Balaban J connectivity index is 0.000000335. The first kappa shape index (κ1) is 22.6. The number of carbonyl (C=O) groups excluding carboxylic acids is 1. The Morgan fingerprint density at radius 3 is 1.57 bits per heavy atom. The predicted molar refractivity (Wildman–Crippen MR) is 117 cm³/mol. The molecule has 5 heteroatoms. The third kappa shape index (κ3) is 8.15. The smallest absolute Gasteiger partial charge is 0.133 e. The van der Waals surface area contributed by atoms with Crippen LogP contribution in [0.1, 0.15) is 29.5 Å². The lowest BCUT2D eigenvalue weighted by Gasteiger charge is -2.05. The molecule has 0 aliphatic heterocycles. The van der Waals surface area contributed by atoms with Crippen LogP contribution in [0.2, 0.25) is 0 Å². The highest BCUT2D eigenvalue weighted by Gasteiger charge is 2.04. The Bertz CT molecular complexity index is 877. The number of aryl methyl sites for hydroxylation is 2. The number of carbonyl (C=O) groups is 1. The van der Waals surface area contributed by atoms with Gasteiger partial charge < -0.3 is 9.47 Å². The summed E-state index contributed by atoms with van der Waals surface area (Å²) in [6.45, 7) is 0. The van der Waals surface area contributed by atoms with Crippen LogP contribution < -0.4 is 9.47 Å². The Morgan fingerprint density at radius 1 is 0.800 bits per heavy atom. The number of Topliss-reactive ketones (excluding diaryl/α,β-unsaturated/α-hetero) is 1. The van der Waals surface area contributed by atoms with Crippen molar-refractivity contribution in [3.05, 3.63) is 89.7 Å². The van der Waals surface area contributed by atoms with Crippen LogP contribution in [-0.4, -0.2) is 25.0 Å². The fraction of sp³-hybridized carbons (Fsp3) is 0.240. The Kier molecular flexibility index (Phi) is 9.61. The Labute approximate surface area is 177 Å². The highest BCUT2D eigenvalue weighted by molar-refractivity contribution is 5.78. The molecule has 0 saturated carbocycles. The topological polar surface area (TPSA) is 72.2 Å². The monoisotopic (exact) mass is 402 g/mol. The maximum Gasteiger partial charge on any atom is 0.133 e. The summed E-state index contributed by atoms with van der Waals surface area (Å²) in [6.07, 6.45) is 5.93. The zero-order valence-electron chi connectivity index (χ0n) is 17.4. The minimum atomic E-state index is 0.298. The first-order chi connectivity index (χ1) is 14.6. The van der Waals surface area contributed by atoms with E-state index in [2.05, 4.69) is 4.98 Å². The molecule has 1 aromatic heterocycles. The molecule has 0 saturated heterocycles. The number of nitrogens with zero attached hydrogens (tertiary/aromatic N) is 2. The van der Waals surface area contributed by atoms with Crippen molar-refractivity contribution in [1.29, 1.82) is 5.26 Å². The molecule has 0 aliphatic rings. The van der Waals surface area contributed by atoms with E-state index >= 15 is 0 Å². The van der Waals surface area contributed by atoms with E-state index in [1.54, 1.807) is 38.7 Å². The van der Waals surface area contributed by atoms with E-state index in [1.807, 2.05) is 54.6 Å². The summed E-state index contributed by atoms with van der Waals surface area (Å²) in [5.74, 6) is 1.98. The summed E-state index contributed by atoms with van der Waals surface area (Å²) >= 11 is 0. The van der Waals surface area contributed by atoms with Crippen molar-refractivity contribution in [3.8, 4) is 17.6 Å². The SMILES string of the molecule is COc1ccc(CCC(=O)CCc2ccc(OC)cc2)cc1.N#Cc1ccncc1. The first-order valence-electron chi connectivity index (χ1n) is 9.72. The summed E-state index contributed by atoms with van der Waals surface area (Å²) in [5, 5.41) is 8.26. The van der Waals surface area contributed by atoms with Crippen molar-refractivity contribution in [3.63, 3.8) is 0 Å². The third-order valence-electron chi connectivity index (χ3n) is 4.51. The van der Waals surface area contributed by atoms with Crippen LogP contribution >= 0.6 is 0 Å². The van der Waals surface area contributed by atoms with Crippen molar-refractivity contribution in [2.24, 2.45) is 0 Å². The second-order valence-corrected chi connectivity index (χ2v) is 6.58. The number of pyridine rings is 1. The van der Waals surface area contributed by atoms with E-state index in [4.69, 9.17) is 14.7 Å². The molecule has 0 fully saturated rings. The summed E-state index contributed by atoms with van der Waals surface area (Å²) in [7, 11) is 3.30. The predicted octanol–water partition coefficient (Wildman–Crippen LogP) is 4.79. The minimum Gasteiger partial charge on any atom is -0.497 e. The second-order valence-electron chi connectivity index (χ2n) is 6.58. The molecular formula is C25H26N2O3. The van der Waals surface area contributed by atoms with Crippen LogP contribution in [0.4, 0.5) is 0 Å². The largest absolute Gasteiger partial charge is 0.497 e. The van der Waals surface area contributed by atoms with Gasteiger partial charge in [0.15, 0.2) is 0 Å². The number of methoxy groups -OCH3 is 2. The summed E-state index contributed by atoms with van der Waals surface area (Å²) in [4.78, 5) is 15.7. The summed E-state index contributed by atoms with van der Waals surface area (Å²) in [6, 6.07) is 21.1. The molecule has 0 aliphatic carbocycles. The summed E-state index contributed by atoms with van der Waals surface area (Å²) in [5.41, 5.74) is 2.98. The highest BCUT2D eigenvalue weighted by atomic mass is 16.5. The minimum absolute atomic E-state index is 0.298. The zero-order chi connectivity index (χ0) is 21.6. The highest BCUT2D eigenvalue weighted by Crippen LogP contribution is 2.15. The number of ether oxygens (including phenoxy) is 2. The first-order valence-corrected chi connectivity index (χ1v) is 9.72. The maximum absolute atomic E-state index is 12.0. The van der Waals surface area contributed by atoms with Gasteiger partial charge in [-0.2, -0.15) is 5.26 Å². The van der Waals surface area contributed by atoms with Gasteiger partial charge in [0.25, 0.3) is 0 Å². The maximum atomic E-state index is 12.0. The third-order valence-corrected chi connectivity index (χ3v) is 4.51. The van der Waals surface area contributed by atoms with E-state index in [-0.39, 0.29) is 0 Å². The van der Waals surface area contributed by atoms with Gasteiger partial charge in [-0.05, 0) is 60.4 Å². The van der Waals surface area contributed by atoms with Gasteiger partial charge in [0.05, 0.1) is 25.9 Å². The standard InChI is InChI=1S/C19H22O3.C6H4N2/c1-21-18-11-5-15(6-12-18)3-9-17(20)10-4-16-7-13-19(22-2)14-8-16;7-5-6-1-3-8-4-2-6/h5-8,11-14H,3-4,9-10H2,1-2H3;1-4H. The fourth-order valence-corrected chi connectivity index (χ4v) is 2.70. The molecule has 0 N–H and O–H groups in total. The van der Waals surface area contributed by atoms with Gasteiger partial charge in [-0.3, -0.25) is 9.78 Å². The van der Waals surface area contributed by atoms with Crippen LogP contribution in [-0.2, 0) is 17.6 Å². The average Bonchev–Trinajstić information content (AvgIpc) is 2.83. The zero-order valence-corrected chi connectivity index (χ0v) is 17.4. The molecular weight excluding hydrogens is 376 g/mol. The van der Waals surface area contributed by atoms with Crippen LogP contribution in [0.5, 0.6) is 11.5 Å². The quantitative estimate of drug-likeness (QED) is 0.542. The van der Waals surface area contributed by atoms with Gasteiger partial charge in [-0.1, -0.05) is 24.3 Å². The Hall–Kier alpha value is -3.65. The van der Waals surface area contributed by atoms with E-state index in [0.717, 1.165) is 24.3 Å². The molecule has 1 heterocycles. The van der Waals surface area contributed by atoms with Crippen LogP contribution in [0.15, 0.2) is 73.1 Å². The fourth-order valence-electron chi connectivity index (χ4n) is 2.70. The normalized spacial score (nSPS) is 9.63. The molecule has 0 unspecified atom stereocenters. The van der Waals surface area contributed by atoms with E-state index in [0.29, 0.717) is 24.2 Å². The number of hydrogen-bond donors (Lipinski definition) is 0. The number of aromatic nitrogens is 1. The van der Waals surface area contributed by atoms with Crippen LogP contribution in [0.3, 0.4) is 0 Å². The van der Waals surface area contributed by atoms with Crippen molar-refractivity contribution in [1.82, 2.24) is 4.98 Å². The molecule has 0 spiro atoms. The molecule has 154 valence electrons. The van der Waals surface area contributed by atoms with Crippen molar-refractivity contribution >= 4 is 5.78 Å². The molecule has 0 atom stereocenters. The van der Waals surface area contributed by atoms with Gasteiger partial charge >= 0.3 is 0 Å².